The van der Waals surface area contributed by atoms with Crippen LogP contribution in [0, 0.1) is 17.6 Å². The highest BCUT2D eigenvalue weighted by molar-refractivity contribution is 5.79. The third-order valence-electron chi connectivity index (χ3n) is 2.66. The van der Waals surface area contributed by atoms with Gasteiger partial charge < -0.3 is 9.84 Å². The van der Waals surface area contributed by atoms with Crippen LogP contribution in [0.15, 0.2) is 18.2 Å². The lowest BCUT2D eigenvalue weighted by Crippen LogP contribution is -2.28. The summed E-state index contributed by atoms with van der Waals surface area (Å²) >= 11 is 0. The second kappa shape index (κ2) is 6.65. The lowest BCUT2D eigenvalue weighted by Gasteiger charge is -2.21. The zero-order valence-electron chi connectivity index (χ0n) is 12.2. The molecule has 4 nitrogen and oxygen atoms in total. The van der Waals surface area contributed by atoms with Gasteiger partial charge in [0.05, 0.1) is 12.3 Å². The van der Waals surface area contributed by atoms with E-state index in [1.54, 1.807) is 20.8 Å². The Bertz CT molecular complexity index is 535. The average Bonchev–Trinajstić information content (AvgIpc) is 2.28. The summed E-state index contributed by atoms with van der Waals surface area (Å²) in [6.45, 7) is 5.00. The van der Waals surface area contributed by atoms with Gasteiger partial charge in [0, 0.05) is 6.07 Å². The minimum atomic E-state index is -1.23. The Balaban J connectivity index is 2.79. The second-order valence-electron chi connectivity index (χ2n) is 5.77. The van der Waals surface area contributed by atoms with E-state index >= 15 is 0 Å². The number of hydrogen-bond donors (Lipinski definition) is 1. The quantitative estimate of drug-likeness (QED) is 0.849. The topological polar surface area (TPSA) is 63.6 Å². The Morgan fingerprint density at radius 3 is 2.38 bits per heavy atom. The van der Waals surface area contributed by atoms with Crippen LogP contribution < -0.4 is 0 Å². The van der Waals surface area contributed by atoms with Crippen LogP contribution in [0.1, 0.15) is 32.8 Å². The van der Waals surface area contributed by atoms with E-state index in [1.807, 2.05) is 0 Å². The summed E-state index contributed by atoms with van der Waals surface area (Å²) in [7, 11) is 0. The summed E-state index contributed by atoms with van der Waals surface area (Å²) in [5, 5.41) is 9.12. The molecule has 21 heavy (non-hydrogen) atoms. The van der Waals surface area contributed by atoms with Crippen LogP contribution in [0.2, 0.25) is 0 Å². The summed E-state index contributed by atoms with van der Waals surface area (Å²) in [4.78, 5) is 22.8. The van der Waals surface area contributed by atoms with Gasteiger partial charge in [-0.3, -0.25) is 9.59 Å². The van der Waals surface area contributed by atoms with Crippen molar-refractivity contribution < 1.29 is 28.2 Å². The van der Waals surface area contributed by atoms with E-state index in [0.29, 0.717) is 6.07 Å². The standard InChI is InChI=1S/C15H18F2O4/c1-15(2,3)21-13(18)7-10(14(19)20)6-9-4-5-11(16)8-12(9)17/h4-5,8,10H,6-7H2,1-3H3,(H,19,20)/t10-/m1/s1. The number of rotatable bonds is 5. The molecule has 0 heterocycles. The van der Waals surface area contributed by atoms with E-state index < -0.39 is 35.1 Å². The van der Waals surface area contributed by atoms with Crippen molar-refractivity contribution in [3.05, 3.63) is 35.4 Å². The molecule has 6 heteroatoms. The molecule has 1 aromatic rings. The first-order valence-electron chi connectivity index (χ1n) is 6.47. The fraction of sp³-hybridized carbons (Fsp3) is 0.467. The smallest absolute Gasteiger partial charge is 0.307 e. The summed E-state index contributed by atoms with van der Waals surface area (Å²) in [6, 6.07) is 2.90. The number of hydrogen-bond acceptors (Lipinski definition) is 3. The summed E-state index contributed by atoms with van der Waals surface area (Å²) in [5.74, 6) is -4.59. The normalized spacial score (nSPS) is 12.8. The number of aliphatic carboxylic acids is 1. The minimum absolute atomic E-state index is 0.0485. The number of ether oxygens (including phenoxy) is 1. The third kappa shape index (κ3) is 5.89. The van der Waals surface area contributed by atoms with E-state index in [-0.39, 0.29) is 18.4 Å². The number of carbonyl (C=O) groups is 2. The first-order chi connectivity index (χ1) is 9.58. The predicted octanol–water partition coefficient (Wildman–Crippen LogP) is 2.94. The molecule has 1 rings (SSSR count). The summed E-state index contributed by atoms with van der Waals surface area (Å²) < 4.78 is 31.4. The Labute approximate surface area is 121 Å². The molecule has 0 aliphatic rings. The van der Waals surface area contributed by atoms with Crippen LogP contribution in [-0.2, 0) is 20.7 Å². The maximum Gasteiger partial charge on any atom is 0.307 e. The number of carbonyl (C=O) groups excluding carboxylic acids is 1. The van der Waals surface area contributed by atoms with Gasteiger partial charge in [0.25, 0.3) is 0 Å². The van der Waals surface area contributed by atoms with Crippen molar-refractivity contribution in [2.45, 2.75) is 39.2 Å². The highest BCUT2D eigenvalue weighted by Crippen LogP contribution is 2.19. The fourth-order valence-corrected chi connectivity index (χ4v) is 1.78. The van der Waals surface area contributed by atoms with Gasteiger partial charge in [0.15, 0.2) is 0 Å². The van der Waals surface area contributed by atoms with Gasteiger partial charge >= 0.3 is 11.9 Å². The van der Waals surface area contributed by atoms with Gasteiger partial charge in [-0.25, -0.2) is 8.78 Å². The average molecular weight is 300 g/mol. The predicted molar refractivity (Wildman–Crippen MR) is 71.6 cm³/mol. The SMILES string of the molecule is CC(C)(C)OC(=O)C[C@@H](Cc1ccc(F)cc1F)C(=O)O. The van der Waals surface area contributed by atoms with Crippen LogP contribution in [0.5, 0.6) is 0 Å². The molecule has 0 fully saturated rings. The summed E-state index contributed by atoms with van der Waals surface area (Å²) in [6.07, 6.45) is -0.579. The molecule has 1 N–H and O–H groups in total. The number of benzene rings is 1. The molecule has 116 valence electrons. The van der Waals surface area contributed by atoms with Crippen LogP contribution in [0.25, 0.3) is 0 Å². The molecule has 0 aromatic heterocycles. The van der Waals surface area contributed by atoms with Crippen molar-refractivity contribution in [2.24, 2.45) is 5.92 Å². The Morgan fingerprint density at radius 1 is 1.29 bits per heavy atom. The van der Waals surface area contributed by atoms with E-state index in [9.17, 15) is 18.4 Å². The first kappa shape index (κ1) is 17.1. The molecular weight excluding hydrogens is 282 g/mol. The molecule has 0 spiro atoms. The molecule has 0 radical (unpaired) electrons. The van der Waals surface area contributed by atoms with Crippen molar-refractivity contribution in [3.63, 3.8) is 0 Å². The van der Waals surface area contributed by atoms with Gasteiger partial charge in [-0.05, 0) is 38.8 Å². The first-order valence-corrected chi connectivity index (χ1v) is 6.47. The van der Waals surface area contributed by atoms with Crippen LogP contribution >= 0.6 is 0 Å². The Morgan fingerprint density at radius 2 is 1.90 bits per heavy atom. The number of esters is 1. The van der Waals surface area contributed by atoms with Gasteiger partial charge in [-0.2, -0.15) is 0 Å². The van der Waals surface area contributed by atoms with E-state index in [2.05, 4.69) is 0 Å². The van der Waals surface area contributed by atoms with Gasteiger partial charge in [0.1, 0.15) is 17.2 Å². The minimum Gasteiger partial charge on any atom is -0.481 e. The highest BCUT2D eigenvalue weighted by atomic mass is 19.1. The van der Waals surface area contributed by atoms with Crippen molar-refractivity contribution >= 4 is 11.9 Å². The molecule has 0 aliphatic carbocycles. The highest BCUT2D eigenvalue weighted by Gasteiger charge is 2.26. The lowest BCUT2D eigenvalue weighted by molar-refractivity contribution is -0.159. The maximum absolute atomic E-state index is 13.5. The molecule has 0 saturated carbocycles. The molecule has 0 bridgehead atoms. The number of carboxylic acids is 1. The van der Waals surface area contributed by atoms with E-state index in [1.165, 1.54) is 6.07 Å². The lowest BCUT2D eigenvalue weighted by atomic mass is 9.96. The third-order valence-corrected chi connectivity index (χ3v) is 2.66. The number of carboxylic acid groups (broad SMARTS) is 1. The van der Waals surface area contributed by atoms with E-state index in [0.717, 1.165) is 6.07 Å². The fourth-order valence-electron chi connectivity index (χ4n) is 1.78. The van der Waals surface area contributed by atoms with Crippen LogP contribution in [0.4, 0.5) is 8.78 Å². The molecular formula is C15H18F2O4. The maximum atomic E-state index is 13.5. The number of halogens is 2. The second-order valence-corrected chi connectivity index (χ2v) is 5.77. The van der Waals surface area contributed by atoms with Crippen molar-refractivity contribution in [3.8, 4) is 0 Å². The van der Waals surface area contributed by atoms with Crippen molar-refractivity contribution in [2.75, 3.05) is 0 Å². The molecule has 1 aromatic carbocycles. The Kier molecular flexibility index (Phi) is 5.41. The molecule has 0 amide bonds. The van der Waals surface area contributed by atoms with Crippen molar-refractivity contribution in [1.29, 1.82) is 0 Å². The molecule has 0 aliphatic heterocycles. The Hall–Kier alpha value is -1.98. The zero-order valence-corrected chi connectivity index (χ0v) is 12.2. The largest absolute Gasteiger partial charge is 0.481 e. The van der Waals surface area contributed by atoms with Crippen LogP contribution in [-0.4, -0.2) is 22.6 Å². The summed E-state index contributed by atoms with van der Waals surface area (Å²) in [5.41, 5.74) is -0.672. The van der Waals surface area contributed by atoms with Crippen LogP contribution in [0.3, 0.4) is 0 Å². The van der Waals surface area contributed by atoms with E-state index in [4.69, 9.17) is 9.84 Å². The monoisotopic (exact) mass is 300 g/mol. The van der Waals surface area contributed by atoms with Gasteiger partial charge in [-0.15, -0.1) is 0 Å². The zero-order chi connectivity index (χ0) is 16.2. The van der Waals surface area contributed by atoms with Gasteiger partial charge in [-0.1, -0.05) is 6.07 Å². The van der Waals surface area contributed by atoms with Crippen molar-refractivity contribution in [1.82, 2.24) is 0 Å². The molecule has 0 saturated heterocycles. The molecule has 1 atom stereocenters. The van der Waals surface area contributed by atoms with Gasteiger partial charge in [0.2, 0.25) is 0 Å². The molecule has 0 unspecified atom stereocenters.